The molecule has 0 saturated carbocycles. The third-order valence-electron chi connectivity index (χ3n) is 2.10. The van der Waals surface area contributed by atoms with Gasteiger partial charge >= 0.3 is 0 Å². The lowest BCUT2D eigenvalue weighted by Gasteiger charge is -2.38. The molecule has 1 fully saturated rings. The highest BCUT2D eigenvalue weighted by molar-refractivity contribution is 4.81. The maximum atomic E-state index is 5.64. The van der Waals surface area contributed by atoms with Crippen LogP contribution in [0.25, 0.3) is 0 Å². The highest BCUT2D eigenvalue weighted by Crippen LogP contribution is 2.31. The Kier molecular flexibility index (Phi) is 2.32. The summed E-state index contributed by atoms with van der Waals surface area (Å²) in [7, 11) is 0. The smallest absolute Gasteiger partial charge is 0.0542 e. The Morgan fingerprint density at radius 3 is 2.50 bits per heavy atom. The first kappa shape index (κ1) is 8.02. The van der Waals surface area contributed by atoms with E-state index in [-0.39, 0.29) is 0 Å². The van der Waals surface area contributed by atoms with Crippen molar-refractivity contribution < 1.29 is 4.74 Å². The van der Waals surface area contributed by atoms with Crippen LogP contribution in [0.2, 0.25) is 0 Å². The van der Waals surface area contributed by atoms with E-state index < -0.39 is 0 Å². The van der Waals surface area contributed by atoms with Gasteiger partial charge in [-0.1, -0.05) is 6.92 Å². The standard InChI is InChI=1S/C8H17NO/c1-7(9)3-4-8(2)5-10-6-8/h7H,3-6,9H2,1-2H3. The number of nitrogens with two attached hydrogens (primary N) is 1. The zero-order valence-corrected chi connectivity index (χ0v) is 6.89. The van der Waals surface area contributed by atoms with Crippen LogP contribution in [0.5, 0.6) is 0 Å². The second kappa shape index (κ2) is 2.89. The fourth-order valence-electron chi connectivity index (χ4n) is 1.17. The maximum Gasteiger partial charge on any atom is 0.0542 e. The average molecular weight is 143 g/mol. The number of hydrogen-bond acceptors (Lipinski definition) is 2. The molecule has 1 heterocycles. The van der Waals surface area contributed by atoms with Gasteiger partial charge in [-0.15, -0.1) is 0 Å². The van der Waals surface area contributed by atoms with Gasteiger partial charge in [-0.05, 0) is 19.8 Å². The lowest BCUT2D eigenvalue weighted by Crippen LogP contribution is -2.40. The van der Waals surface area contributed by atoms with E-state index in [9.17, 15) is 0 Å². The Hall–Kier alpha value is -0.0800. The van der Waals surface area contributed by atoms with Gasteiger partial charge in [0.05, 0.1) is 13.2 Å². The minimum atomic E-state index is 0.345. The quantitative estimate of drug-likeness (QED) is 0.643. The zero-order chi connectivity index (χ0) is 7.61. The summed E-state index contributed by atoms with van der Waals surface area (Å²) in [6, 6.07) is 0.345. The monoisotopic (exact) mass is 143 g/mol. The fraction of sp³-hybridized carbons (Fsp3) is 1.00. The van der Waals surface area contributed by atoms with E-state index in [0.717, 1.165) is 19.6 Å². The van der Waals surface area contributed by atoms with Crippen LogP contribution < -0.4 is 5.73 Å². The van der Waals surface area contributed by atoms with Crippen molar-refractivity contribution in [3.8, 4) is 0 Å². The van der Waals surface area contributed by atoms with Crippen LogP contribution in [0, 0.1) is 5.41 Å². The van der Waals surface area contributed by atoms with Crippen molar-refractivity contribution in [1.29, 1.82) is 0 Å². The molecule has 0 aromatic carbocycles. The molecule has 0 radical (unpaired) electrons. The Morgan fingerprint density at radius 1 is 1.60 bits per heavy atom. The molecule has 0 aliphatic carbocycles. The van der Waals surface area contributed by atoms with Crippen molar-refractivity contribution in [1.82, 2.24) is 0 Å². The molecule has 0 amide bonds. The van der Waals surface area contributed by atoms with E-state index in [1.165, 1.54) is 6.42 Å². The summed E-state index contributed by atoms with van der Waals surface area (Å²) in [6.07, 6.45) is 2.34. The summed E-state index contributed by atoms with van der Waals surface area (Å²) in [5, 5.41) is 0. The Bertz CT molecular complexity index is 108. The molecule has 0 aromatic rings. The molecule has 1 unspecified atom stereocenters. The molecule has 2 nitrogen and oxygen atoms in total. The first-order chi connectivity index (χ1) is 4.62. The van der Waals surface area contributed by atoms with Crippen LogP contribution in [0.1, 0.15) is 26.7 Å². The third kappa shape index (κ3) is 1.96. The predicted molar refractivity (Wildman–Crippen MR) is 41.8 cm³/mol. The van der Waals surface area contributed by atoms with E-state index in [1.54, 1.807) is 0 Å². The highest BCUT2D eigenvalue weighted by atomic mass is 16.5. The molecule has 0 aromatic heterocycles. The van der Waals surface area contributed by atoms with Gasteiger partial charge in [0.15, 0.2) is 0 Å². The van der Waals surface area contributed by atoms with Crippen molar-refractivity contribution in [2.45, 2.75) is 32.7 Å². The van der Waals surface area contributed by atoms with E-state index in [2.05, 4.69) is 13.8 Å². The van der Waals surface area contributed by atoms with Crippen LogP contribution in [-0.4, -0.2) is 19.3 Å². The minimum absolute atomic E-state index is 0.345. The molecule has 1 aliphatic rings. The lowest BCUT2D eigenvalue weighted by molar-refractivity contribution is -0.106. The maximum absolute atomic E-state index is 5.64. The van der Waals surface area contributed by atoms with E-state index in [1.807, 2.05) is 0 Å². The van der Waals surface area contributed by atoms with Crippen LogP contribution in [0.15, 0.2) is 0 Å². The summed E-state index contributed by atoms with van der Waals surface area (Å²) in [6.45, 7) is 6.18. The molecule has 0 spiro atoms. The molecule has 1 atom stereocenters. The van der Waals surface area contributed by atoms with Crippen molar-refractivity contribution in [2.24, 2.45) is 11.1 Å². The zero-order valence-electron chi connectivity index (χ0n) is 6.89. The molecular weight excluding hydrogens is 126 g/mol. The number of hydrogen-bond donors (Lipinski definition) is 1. The SMILES string of the molecule is CC(N)CCC1(C)COC1. The van der Waals surface area contributed by atoms with Gasteiger partial charge in [0.1, 0.15) is 0 Å². The van der Waals surface area contributed by atoms with E-state index >= 15 is 0 Å². The van der Waals surface area contributed by atoms with Crippen molar-refractivity contribution >= 4 is 0 Å². The Balaban J connectivity index is 2.12. The van der Waals surface area contributed by atoms with Gasteiger partial charge in [-0.3, -0.25) is 0 Å². The van der Waals surface area contributed by atoms with Crippen LogP contribution in [-0.2, 0) is 4.74 Å². The summed E-state index contributed by atoms with van der Waals surface area (Å²) in [5.41, 5.74) is 6.09. The summed E-state index contributed by atoms with van der Waals surface area (Å²) in [5.74, 6) is 0. The minimum Gasteiger partial charge on any atom is -0.380 e. The summed E-state index contributed by atoms with van der Waals surface area (Å²) < 4.78 is 5.13. The van der Waals surface area contributed by atoms with Gasteiger partial charge in [0, 0.05) is 11.5 Å². The van der Waals surface area contributed by atoms with Gasteiger partial charge in [0.25, 0.3) is 0 Å². The van der Waals surface area contributed by atoms with Crippen molar-refractivity contribution in [3.05, 3.63) is 0 Å². The van der Waals surface area contributed by atoms with Gasteiger partial charge in [-0.25, -0.2) is 0 Å². The van der Waals surface area contributed by atoms with E-state index in [0.29, 0.717) is 11.5 Å². The van der Waals surface area contributed by atoms with Gasteiger partial charge in [0.2, 0.25) is 0 Å². The molecular formula is C8H17NO. The molecule has 0 bridgehead atoms. The largest absolute Gasteiger partial charge is 0.380 e. The van der Waals surface area contributed by atoms with Gasteiger partial charge < -0.3 is 10.5 Å². The molecule has 1 aliphatic heterocycles. The molecule has 2 heteroatoms. The molecule has 2 N–H and O–H groups in total. The lowest BCUT2D eigenvalue weighted by atomic mass is 9.83. The average Bonchev–Trinajstić information content (AvgIpc) is 1.79. The Labute approximate surface area is 62.7 Å². The highest BCUT2D eigenvalue weighted by Gasteiger charge is 2.32. The first-order valence-corrected chi connectivity index (χ1v) is 3.96. The molecule has 60 valence electrons. The molecule has 1 saturated heterocycles. The molecule has 10 heavy (non-hydrogen) atoms. The van der Waals surface area contributed by atoms with Gasteiger partial charge in [-0.2, -0.15) is 0 Å². The van der Waals surface area contributed by atoms with E-state index in [4.69, 9.17) is 10.5 Å². The van der Waals surface area contributed by atoms with Crippen molar-refractivity contribution in [2.75, 3.05) is 13.2 Å². The molecule has 1 rings (SSSR count). The van der Waals surface area contributed by atoms with Crippen LogP contribution in [0.3, 0.4) is 0 Å². The second-order valence-corrected chi connectivity index (χ2v) is 3.82. The predicted octanol–water partition coefficient (Wildman–Crippen LogP) is 1.15. The Morgan fingerprint density at radius 2 is 2.20 bits per heavy atom. The number of rotatable bonds is 3. The summed E-state index contributed by atoms with van der Waals surface area (Å²) >= 11 is 0. The summed E-state index contributed by atoms with van der Waals surface area (Å²) in [4.78, 5) is 0. The topological polar surface area (TPSA) is 35.2 Å². The van der Waals surface area contributed by atoms with Crippen LogP contribution in [0.4, 0.5) is 0 Å². The van der Waals surface area contributed by atoms with Crippen molar-refractivity contribution in [3.63, 3.8) is 0 Å². The first-order valence-electron chi connectivity index (χ1n) is 3.96. The second-order valence-electron chi connectivity index (χ2n) is 3.82. The fourth-order valence-corrected chi connectivity index (χ4v) is 1.17. The normalized spacial score (nSPS) is 25.5. The number of ether oxygens (including phenoxy) is 1. The third-order valence-corrected chi connectivity index (χ3v) is 2.10. The van der Waals surface area contributed by atoms with Crippen LogP contribution >= 0.6 is 0 Å².